The normalized spacial score (nSPS) is 12.4. The molecule has 3 rings (SSSR count). The van der Waals surface area contributed by atoms with E-state index in [4.69, 9.17) is 9.47 Å². The molecule has 0 unspecified atom stereocenters. The molecule has 102 valence electrons. The third-order valence-electron chi connectivity index (χ3n) is 2.89. The van der Waals surface area contributed by atoms with E-state index < -0.39 is 0 Å². The highest BCUT2D eigenvalue weighted by Gasteiger charge is 2.16. The number of carbonyl (C=O) groups is 1. The topological polar surface area (TPSA) is 35.5 Å². The Kier molecular flexibility index (Phi) is 3.98. The van der Waals surface area contributed by atoms with Crippen LogP contribution in [0, 0.1) is 0 Å². The Morgan fingerprint density at radius 1 is 1.15 bits per heavy atom. The van der Waals surface area contributed by atoms with Crippen molar-refractivity contribution in [3.63, 3.8) is 0 Å². The molecule has 5 heteroatoms. The first-order valence-corrected chi connectivity index (χ1v) is 7.82. The second-order valence-electron chi connectivity index (χ2n) is 4.21. The van der Waals surface area contributed by atoms with Gasteiger partial charge in [0.05, 0.1) is 5.75 Å². The van der Waals surface area contributed by atoms with Gasteiger partial charge in [0.1, 0.15) is 0 Å². The van der Waals surface area contributed by atoms with E-state index >= 15 is 0 Å². The number of fused-ring (bicyclic) bond motifs is 1. The van der Waals surface area contributed by atoms with Crippen LogP contribution < -0.4 is 9.47 Å². The molecule has 1 aliphatic rings. The highest BCUT2D eigenvalue weighted by Crippen LogP contribution is 2.33. The van der Waals surface area contributed by atoms with E-state index in [1.165, 1.54) is 11.8 Å². The maximum absolute atomic E-state index is 12.2. The summed E-state index contributed by atoms with van der Waals surface area (Å²) in [4.78, 5) is 13.3. The van der Waals surface area contributed by atoms with E-state index in [9.17, 15) is 4.79 Å². The van der Waals surface area contributed by atoms with Crippen molar-refractivity contribution < 1.29 is 14.3 Å². The average molecular weight is 351 g/mol. The van der Waals surface area contributed by atoms with Gasteiger partial charge in [-0.3, -0.25) is 4.79 Å². The second kappa shape index (κ2) is 5.89. The summed E-state index contributed by atoms with van der Waals surface area (Å²) in [5.74, 6) is 1.80. The van der Waals surface area contributed by atoms with Gasteiger partial charge in [-0.05, 0) is 46.3 Å². The molecule has 0 saturated carbocycles. The summed E-state index contributed by atoms with van der Waals surface area (Å²) in [5.41, 5.74) is 0.647. The summed E-state index contributed by atoms with van der Waals surface area (Å²) in [5, 5.41) is 0. The Morgan fingerprint density at radius 3 is 2.80 bits per heavy atom. The number of rotatable bonds is 4. The van der Waals surface area contributed by atoms with Crippen LogP contribution in [0.3, 0.4) is 0 Å². The van der Waals surface area contributed by atoms with Crippen LogP contribution in [0.25, 0.3) is 0 Å². The van der Waals surface area contributed by atoms with Crippen molar-refractivity contribution in [2.24, 2.45) is 0 Å². The van der Waals surface area contributed by atoms with Crippen molar-refractivity contribution >= 4 is 33.5 Å². The monoisotopic (exact) mass is 350 g/mol. The third kappa shape index (κ3) is 2.83. The van der Waals surface area contributed by atoms with Gasteiger partial charge in [0.15, 0.2) is 17.3 Å². The van der Waals surface area contributed by atoms with Crippen molar-refractivity contribution in [3.8, 4) is 11.5 Å². The minimum atomic E-state index is 0.0732. The standard InChI is InChI=1S/C15H11BrO3S/c16-11-3-1-2-4-15(11)20-8-12(17)10-5-6-13-14(7-10)19-9-18-13/h1-7H,8-9H2. The summed E-state index contributed by atoms with van der Waals surface area (Å²) in [7, 11) is 0. The van der Waals surface area contributed by atoms with E-state index in [1.807, 2.05) is 24.3 Å². The summed E-state index contributed by atoms with van der Waals surface area (Å²) in [6.07, 6.45) is 0. The van der Waals surface area contributed by atoms with Gasteiger partial charge in [0.25, 0.3) is 0 Å². The number of thioether (sulfide) groups is 1. The zero-order valence-electron chi connectivity index (χ0n) is 10.5. The molecule has 1 heterocycles. The van der Waals surface area contributed by atoms with Crippen LogP contribution in [-0.4, -0.2) is 18.3 Å². The average Bonchev–Trinajstić information content (AvgIpc) is 2.93. The number of benzene rings is 2. The molecule has 0 radical (unpaired) electrons. The molecule has 0 N–H and O–H groups in total. The molecule has 2 aromatic carbocycles. The van der Waals surface area contributed by atoms with Crippen molar-refractivity contribution in [1.82, 2.24) is 0 Å². The molecule has 0 amide bonds. The molecule has 1 aliphatic heterocycles. The Bertz CT molecular complexity index is 657. The molecule has 3 nitrogen and oxygen atoms in total. The first kappa shape index (κ1) is 13.5. The summed E-state index contributed by atoms with van der Waals surface area (Å²) < 4.78 is 11.5. The molecule has 20 heavy (non-hydrogen) atoms. The number of hydrogen-bond donors (Lipinski definition) is 0. The zero-order chi connectivity index (χ0) is 13.9. The van der Waals surface area contributed by atoms with E-state index in [-0.39, 0.29) is 12.6 Å². The van der Waals surface area contributed by atoms with Gasteiger partial charge < -0.3 is 9.47 Å². The van der Waals surface area contributed by atoms with Crippen LogP contribution in [0.1, 0.15) is 10.4 Å². The van der Waals surface area contributed by atoms with Gasteiger partial charge in [-0.2, -0.15) is 0 Å². The predicted octanol–water partition coefficient (Wildman–Crippen LogP) is 4.15. The number of hydrogen-bond acceptors (Lipinski definition) is 4. The fraction of sp³-hybridized carbons (Fsp3) is 0.133. The largest absolute Gasteiger partial charge is 0.454 e. The van der Waals surface area contributed by atoms with Crippen LogP contribution in [0.2, 0.25) is 0 Å². The number of Topliss-reactive ketones (excluding diaryl/α,β-unsaturated/α-hetero) is 1. The molecule has 0 aromatic heterocycles. The molecule has 0 fully saturated rings. The lowest BCUT2D eigenvalue weighted by Gasteiger charge is -2.04. The van der Waals surface area contributed by atoms with Crippen molar-refractivity contribution in [2.45, 2.75) is 4.90 Å². The van der Waals surface area contributed by atoms with Crippen LogP contribution in [0.15, 0.2) is 51.8 Å². The van der Waals surface area contributed by atoms with Crippen molar-refractivity contribution in [3.05, 3.63) is 52.5 Å². The minimum absolute atomic E-state index is 0.0732. The molecule has 0 aliphatic carbocycles. The van der Waals surface area contributed by atoms with E-state index in [0.29, 0.717) is 22.8 Å². The van der Waals surface area contributed by atoms with Gasteiger partial charge in [0, 0.05) is 14.9 Å². The van der Waals surface area contributed by atoms with E-state index in [0.717, 1.165) is 9.37 Å². The highest BCUT2D eigenvalue weighted by molar-refractivity contribution is 9.10. The van der Waals surface area contributed by atoms with E-state index in [1.54, 1.807) is 18.2 Å². The Labute approximate surface area is 129 Å². The number of carbonyl (C=O) groups excluding carboxylic acids is 1. The molecule has 0 saturated heterocycles. The Balaban J connectivity index is 1.69. The van der Waals surface area contributed by atoms with Gasteiger partial charge in [0.2, 0.25) is 6.79 Å². The molecule has 0 spiro atoms. The van der Waals surface area contributed by atoms with Crippen LogP contribution in [0.5, 0.6) is 11.5 Å². The molecule has 0 bridgehead atoms. The Morgan fingerprint density at radius 2 is 1.95 bits per heavy atom. The molecular formula is C15H11BrO3S. The molecular weight excluding hydrogens is 340 g/mol. The number of ether oxygens (including phenoxy) is 2. The summed E-state index contributed by atoms with van der Waals surface area (Å²) >= 11 is 4.99. The quantitative estimate of drug-likeness (QED) is 0.612. The van der Waals surface area contributed by atoms with E-state index in [2.05, 4.69) is 15.9 Å². The summed E-state index contributed by atoms with van der Waals surface area (Å²) in [6.45, 7) is 0.221. The fourth-order valence-electron chi connectivity index (χ4n) is 1.86. The van der Waals surface area contributed by atoms with Gasteiger partial charge in [-0.1, -0.05) is 12.1 Å². The third-order valence-corrected chi connectivity index (χ3v) is 4.92. The molecule has 0 atom stereocenters. The van der Waals surface area contributed by atoms with Crippen molar-refractivity contribution in [1.29, 1.82) is 0 Å². The van der Waals surface area contributed by atoms with Gasteiger partial charge in [-0.25, -0.2) is 0 Å². The van der Waals surface area contributed by atoms with Crippen LogP contribution in [-0.2, 0) is 0 Å². The maximum atomic E-state index is 12.2. The smallest absolute Gasteiger partial charge is 0.231 e. The SMILES string of the molecule is O=C(CSc1ccccc1Br)c1ccc2c(c1)OCO2. The fourth-order valence-corrected chi connectivity index (χ4v) is 3.32. The Hall–Kier alpha value is -1.46. The lowest BCUT2D eigenvalue weighted by molar-refractivity contribution is 0.102. The van der Waals surface area contributed by atoms with Gasteiger partial charge >= 0.3 is 0 Å². The van der Waals surface area contributed by atoms with Gasteiger partial charge in [-0.15, -0.1) is 11.8 Å². The zero-order valence-corrected chi connectivity index (χ0v) is 12.9. The second-order valence-corrected chi connectivity index (χ2v) is 6.08. The lowest BCUT2D eigenvalue weighted by atomic mass is 10.1. The lowest BCUT2D eigenvalue weighted by Crippen LogP contribution is -2.02. The predicted molar refractivity (Wildman–Crippen MR) is 81.8 cm³/mol. The van der Waals surface area contributed by atoms with Crippen LogP contribution >= 0.6 is 27.7 Å². The minimum Gasteiger partial charge on any atom is -0.454 e. The first-order valence-electron chi connectivity index (χ1n) is 6.04. The first-order chi connectivity index (χ1) is 9.74. The van der Waals surface area contributed by atoms with Crippen molar-refractivity contribution in [2.75, 3.05) is 12.5 Å². The molecule has 2 aromatic rings. The summed E-state index contributed by atoms with van der Waals surface area (Å²) in [6, 6.07) is 13.2. The maximum Gasteiger partial charge on any atom is 0.231 e. The van der Waals surface area contributed by atoms with Crippen LogP contribution in [0.4, 0.5) is 0 Å². The highest BCUT2D eigenvalue weighted by atomic mass is 79.9. The number of halogens is 1. The number of ketones is 1.